The fourth-order valence-corrected chi connectivity index (χ4v) is 3.58. The second-order valence-electron chi connectivity index (χ2n) is 4.69. The van der Waals surface area contributed by atoms with Crippen molar-refractivity contribution in [2.24, 2.45) is 0 Å². The summed E-state index contributed by atoms with van der Waals surface area (Å²) in [6.45, 7) is 0. The third kappa shape index (κ3) is 5.03. The molecule has 0 bridgehead atoms. The van der Waals surface area contributed by atoms with E-state index in [-0.39, 0.29) is 5.48 Å². The zero-order chi connectivity index (χ0) is 15.0. The Hall–Kier alpha value is -1.94. The summed E-state index contributed by atoms with van der Waals surface area (Å²) in [5, 5.41) is 4.20. The normalized spacial score (nSPS) is 13.6. The lowest BCUT2D eigenvalue weighted by Crippen LogP contribution is -1.73. The van der Waals surface area contributed by atoms with Gasteiger partial charge in [0.1, 0.15) is 0 Å². The van der Waals surface area contributed by atoms with Crippen LogP contribution in [0.5, 0.6) is 0 Å². The quantitative estimate of drug-likeness (QED) is 0.606. The van der Waals surface area contributed by atoms with Gasteiger partial charge in [0.05, 0.1) is 0 Å². The van der Waals surface area contributed by atoms with Gasteiger partial charge in [-0.05, 0) is 34.1 Å². The van der Waals surface area contributed by atoms with Crippen LogP contribution < -0.4 is 0 Å². The first-order valence-corrected chi connectivity index (χ1v) is 8.87. The first kappa shape index (κ1) is 17.4. The van der Waals surface area contributed by atoms with E-state index in [1.165, 1.54) is 20.9 Å². The number of benzene rings is 2. The Kier molecular flexibility index (Phi) is 7.01. The minimum atomic E-state index is 0. The molecule has 0 fully saturated rings. The molecule has 0 aromatic heterocycles. The van der Waals surface area contributed by atoms with Gasteiger partial charge in [0, 0.05) is 9.79 Å². The zero-order valence-corrected chi connectivity index (χ0v) is 14.2. The molecular weight excluding hydrogens is 320 g/mol. The molecule has 0 atom stereocenters. The highest BCUT2D eigenvalue weighted by atomic mass is 32.2. The lowest BCUT2D eigenvalue weighted by Gasteiger charge is -1.98. The van der Waals surface area contributed by atoms with E-state index >= 15 is 0 Å². The molecule has 1 nitrogen and oxygen atoms in total. The molecule has 2 N–H and O–H groups in total. The Morgan fingerprint density at radius 1 is 0.522 bits per heavy atom. The van der Waals surface area contributed by atoms with Gasteiger partial charge in [0.2, 0.25) is 0 Å². The number of allylic oxidation sites excluding steroid dienone is 4. The number of fused-ring (bicyclic) bond motifs is 2. The van der Waals surface area contributed by atoms with Crippen molar-refractivity contribution >= 4 is 35.7 Å². The monoisotopic (exact) mass is 338 g/mol. The molecule has 0 spiro atoms. The van der Waals surface area contributed by atoms with Crippen molar-refractivity contribution in [2.75, 3.05) is 0 Å². The summed E-state index contributed by atoms with van der Waals surface area (Å²) in [6.07, 6.45) is 12.5. The number of thioether (sulfide) groups is 2. The summed E-state index contributed by atoms with van der Waals surface area (Å²) in [7, 11) is 0. The summed E-state index contributed by atoms with van der Waals surface area (Å²) >= 11 is 3.53. The average molecular weight is 338 g/mol. The van der Waals surface area contributed by atoms with Crippen LogP contribution in [0.25, 0.3) is 12.2 Å². The van der Waals surface area contributed by atoms with Crippen molar-refractivity contribution in [2.45, 2.75) is 9.79 Å². The fraction of sp³-hybridized carbons (Fsp3) is 0. The van der Waals surface area contributed by atoms with Crippen LogP contribution in [0.2, 0.25) is 0 Å². The van der Waals surface area contributed by atoms with Crippen molar-refractivity contribution in [1.29, 1.82) is 0 Å². The van der Waals surface area contributed by atoms with E-state index in [1.807, 2.05) is 0 Å². The van der Waals surface area contributed by atoms with Gasteiger partial charge < -0.3 is 5.48 Å². The van der Waals surface area contributed by atoms with Crippen molar-refractivity contribution in [3.63, 3.8) is 0 Å². The molecule has 2 aromatic carbocycles. The molecule has 3 heteroatoms. The zero-order valence-electron chi connectivity index (χ0n) is 12.6. The third-order valence-electron chi connectivity index (χ3n) is 3.16. The maximum atomic E-state index is 2.14. The van der Waals surface area contributed by atoms with Gasteiger partial charge in [-0.3, -0.25) is 0 Å². The Balaban J connectivity index is 0.000000160. The van der Waals surface area contributed by atoms with E-state index in [2.05, 4.69) is 95.8 Å². The SMILES string of the molecule is C1=CSc2ccccc2C=C1.C1=CSc2ccccc2C=C1.O. The summed E-state index contributed by atoms with van der Waals surface area (Å²) in [6, 6.07) is 16.8. The topological polar surface area (TPSA) is 31.5 Å². The van der Waals surface area contributed by atoms with Gasteiger partial charge >= 0.3 is 0 Å². The number of hydrogen-bond acceptors (Lipinski definition) is 2. The van der Waals surface area contributed by atoms with E-state index in [4.69, 9.17) is 0 Å². The molecule has 23 heavy (non-hydrogen) atoms. The van der Waals surface area contributed by atoms with Crippen molar-refractivity contribution < 1.29 is 5.48 Å². The third-order valence-corrected chi connectivity index (χ3v) is 5.00. The molecule has 0 radical (unpaired) electrons. The average Bonchev–Trinajstić information content (AvgIpc) is 2.95. The van der Waals surface area contributed by atoms with E-state index < -0.39 is 0 Å². The molecule has 0 amide bonds. The number of rotatable bonds is 0. The molecule has 2 heterocycles. The van der Waals surface area contributed by atoms with Crippen molar-refractivity contribution in [1.82, 2.24) is 0 Å². The summed E-state index contributed by atoms with van der Waals surface area (Å²) < 4.78 is 0. The second-order valence-corrected chi connectivity index (χ2v) is 6.58. The van der Waals surface area contributed by atoms with Crippen molar-refractivity contribution in [3.05, 3.63) is 94.8 Å². The van der Waals surface area contributed by atoms with Gasteiger partial charge in [-0.15, -0.1) is 0 Å². The van der Waals surface area contributed by atoms with E-state index in [1.54, 1.807) is 23.5 Å². The van der Waals surface area contributed by atoms with Gasteiger partial charge in [-0.1, -0.05) is 96.4 Å². The van der Waals surface area contributed by atoms with Gasteiger partial charge in [-0.2, -0.15) is 0 Å². The van der Waals surface area contributed by atoms with Crippen LogP contribution in [0, 0.1) is 0 Å². The highest BCUT2D eigenvalue weighted by Crippen LogP contribution is 2.27. The highest BCUT2D eigenvalue weighted by molar-refractivity contribution is 8.02. The Morgan fingerprint density at radius 3 is 1.43 bits per heavy atom. The predicted molar refractivity (Wildman–Crippen MR) is 105 cm³/mol. The van der Waals surface area contributed by atoms with Crippen LogP contribution in [0.3, 0.4) is 0 Å². The highest BCUT2D eigenvalue weighted by Gasteiger charge is 1.98. The molecule has 2 aliphatic rings. The largest absolute Gasteiger partial charge is 0.412 e. The van der Waals surface area contributed by atoms with Gasteiger partial charge in [0.15, 0.2) is 0 Å². The summed E-state index contributed by atoms with van der Waals surface area (Å²) in [5.41, 5.74) is 2.62. The van der Waals surface area contributed by atoms with E-state index in [0.717, 1.165) is 0 Å². The van der Waals surface area contributed by atoms with E-state index in [0.29, 0.717) is 0 Å². The van der Waals surface area contributed by atoms with Crippen LogP contribution in [0.15, 0.2) is 93.4 Å². The molecule has 4 rings (SSSR count). The smallest absolute Gasteiger partial charge is 0.0188 e. The minimum absolute atomic E-state index is 0. The molecule has 0 unspecified atom stereocenters. The second kappa shape index (κ2) is 9.26. The van der Waals surface area contributed by atoms with Gasteiger partial charge in [-0.25, -0.2) is 0 Å². The maximum absolute atomic E-state index is 2.14. The molecule has 2 aliphatic heterocycles. The molecule has 2 aromatic rings. The van der Waals surface area contributed by atoms with Crippen LogP contribution in [0.1, 0.15) is 11.1 Å². The van der Waals surface area contributed by atoms with Gasteiger partial charge in [0.25, 0.3) is 0 Å². The Bertz CT molecular complexity index is 692. The Labute approximate surface area is 145 Å². The lowest BCUT2D eigenvalue weighted by atomic mass is 10.2. The summed E-state index contributed by atoms with van der Waals surface area (Å²) in [5.74, 6) is 0. The van der Waals surface area contributed by atoms with Crippen LogP contribution >= 0.6 is 23.5 Å². The van der Waals surface area contributed by atoms with Crippen LogP contribution in [-0.2, 0) is 0 Å². The number of hydrogen-bond donors (Lipinski definition) is 0. The molecule has 0 saturated heterocycles. The molecule has 0 aliphatic carbocycles. The molecule has 116 valence electrons. The van der Waals surface area contributed by atoms with Crippen LogP contribution in [-0.4, -0.2) is 5.48 Å². The first-order chi connectivity index (χ1) is 10.9. The maximum Gasteiger partial charge on any atom is 0.0188 e. The van der Waals surface area contributed by atoms with Crippen molar-refractivity contribution in [3.8, 4) is 0 Å². The van der Waals surface area contributed by atoms with Crippen LogP contribution in [0.4, 0.5) is 0 Å². The summed E-state index contributed by atoms with van der Waals surface area (Å²) in [4.78, 5) is 2.66. The molecule has 0 saturated carbocycles. The molecular formula is C20H18OS2. The first-order valence-electron chi connectivity index (χ1n) is 7.11. The predicted octanol–water partition coefficient (Wildman–Crippen LogP) is 5.81. The lowest BCUT2D eigenvalue weighted by molar-refractivity contribution is 0.824. The minimum Gasteiger partial charge on any atom is -0.412 e. The van der Waals surface area contributed by atoms with E-state index in [9.17, 15) is 0 Å². The standard InChI is InChI=1S/2C10H8S.H2O/c2*1-2-7-10-9(5-1)6-3-4-8-11-10;/h2*1-8H;1H2. The Morgan fingerprint density at radius 2 is 0.957 bits per heavy atom. The fourth-order valence-electron chi connectivity index (χ4n) is 2.09.